The zero-order valence-corrected chi connectivity index (χ0v) is 15.9. The zero-order valence-electron chi connectivity index (χ0n) is 15.9. The summed E-state index contributed by atoms with van der Waals surface area (Å²) in [5.41, 5.74) is 2.87. The lowest BCUT2D eigenvalue weighted by atomic mass is 9.95. The molecule has 0 spiro atoms. The molecule has 1 aromatic rings. The summed E-state index contributed by atoms with van der Waals surface area (Å²) < 4.78 is 0. The van der Waals surface area contributed by atoms with Gasteiger partial charge in [0.15, 0.2) is 0 Å². The van der Waals surface area contributed by atoms with Crippen molar-refractivity contribution in [1.82, 2.24) is 9.80 Å². The molecule has 2 aliphatic heterocycles. The number of piperazine rings is 1. The first-order valence-corrected chi connectivity index (χ1v) is 9.96. The highest BCUT2D eigenvalue weighted by Gasteiger charge is 2.24. The Labute approximate surface area is 148 Å². The van der Waals surface area contributed by atoms with Crippen LogP contribution in [0.2, 0.25) is 0 Å². The van der Waals surface area contributed by atoms with Crippen molar-refractivity contribution in [2.45, 2.75) is 46.1 Å². The summed E-state index contributed by atoms with van der Waals surface area (Å²) in [7, 11) is 0. The number of anilines is 1. The van der Waals surface area contributed by atoms with Gasteiger partial charge in [-0.3, -0.25) is 4.90 Å². The van der Waals surface area contributed by atoms with Crippen molar-refractivity contribution in [1.29, 1.82) is 0 Å². The van der Waals surface area contributed by atoms with Crippen LogP contribution in [0.3, 0.4) is 0 Å². The van der Waals surface area contributed by atoms with Gasteiger partial charge in [0.25, 0.3) is 0 Å². The van der Waals surface area contributed by atoms with Crippen LogP contribution in [0.15, 0.2) is 24.3 Å². The summed E-state index contributed by atoms with van der Waals surface area (Å²) in [4.78, 5) is 7.90. The van der Waals surface area contributed by atoms with Gasteiger partial charge in [-0.15, -0.1) is 0 Å². The molecule has 0 bridgehead atoms. The van der Waals surface area contributed by atoms with E-state index in [9.17, 15) is 0 Å². The lowest BCUT2D eigenvalue weighted by Crippen LogP contribution is -2.49. The van der Waals surface area contributed by atoms with Crippen LogP contribution in [-0.4, -0.2) is 61.7 Å². The first-order chi connectivity index (χ1) is 11.7. The molecule has 3 nitrogen and oxygen atoms in total. The maximum Gasteiger partial charge on any atom is 0.0369 e. The molecule has 0 N–H and O–H groups in total. The fraction of sp³-hybridized carbons (Fsp3) is 0.714. The third-order valence-electron chi connectivity index (χ3n) is 5.95. The van der Waals surface area contributed by atoms with Crippen LogP contribution in [-0.2, 0) is 6.42 Å². The highest BCUT2D eigenvalue weighted by Crippen LogP contribution is 2.22. The van der Waals surface area contributed by atoms with E-state index in [0.717, 1.165) is 12.3 Å². The summed E-state index contributed by atoms with van der Waals surface area (Å²) in [5.74, 6) is 0.912. The van der Waals surface area contributed by atoms with Gasteiger partial charge in [-0.05, 0) is 69.8 Å². The first-order valence-electron chi connectivity index (χ1n) is 9.96. The second-order valence-corrected chi connectivity index (χ2v) is 7.88. The van der Waals surface area contributed by atoms with Crippen molar-refractivity contribution in [2.75, 3.05) is 50.7 Å². The highest BCUT2D eigenvalue weighted by molar-refractivity contribution is 5.49. The van der Waals surface area contributed by atoms with Gasteiger partial charge in [0.1, 0.15) is 0 Å². The molecule has 134 valence electrons. The second-order valence-electron chi connectivity index (χ2n) is 7.88. The molecule has 3 rings (SSSR count). The fourth-order valence-electron chi connectivity index (χ4n) is 4.18. The zero-order chi connectivity index (χ0) is 16.9. The molecule has 24 heavy (non-hydrogen) atoms. The number of rotatable bonds is 5. The largest absolute Gasteiger partial charge is 0.369 e. The minimum atomic E-state index is 0.716. The van der Waals surface area contributed by atoms with Crippen molar-refractivity contribution >= 4 is 5.69 Å². The van der Waals surface area contributed by atoms with E-state index in [1.807, 2.05) is 0 Å². The molecule has 2 fully saturated rings. The molecule has 0 aromatic heterocycles. The van der Waals surface area contributed by atoms with Gasteiger partial charge < -0.3 is 9.80 Å². The summed E-state index contributed by atoms with van der Waals surface area (Å²) >= 11 is 0. The van der Waals surface area contributed by atoms with E-state index in [1.165, 1.54) is 69.9 Å². The number of piperidine rings is 1. The molecule has 3 heteroatoms. The maximum atomic E-state index is 2.70. The molecule has 1 aromatic carbocycles. The minimum Gasteiger partial charge on any atom is -0.369 e. The number of benzene rings is 1. The molecule has 0 amide bonds. The van der Waals surface area contributed by atoms with Crippen molar-refractivity contribution in [2.24, 2.45) is 5.92 Å². The monoisotopic (exact) mass is 329 g/mol. The van der Waals surface area contributed by atoms with E-state index >= 15 is 0 Å². The van der Waals surface area contributed by atoms with E-state index in [2.05, 4.69) is 59.7 Å². The van der Waals surface area contributed by atoms with Crippen LogP contribution in [0.1, 0.15) is 39.2 Å². The minimum absolute atomic E-state index is 0.716. The van der Waals surface area contributed by atoms with Gasteiger partial charge in [-0.25, -0.2) is 0 Å². The Morgan fingerprint density at radius 2 is 1.71 bits per heavy atom. The van der Waals surface area contributed by atoms with Gasteiger partial charge >= 0.3 is 0 Å². The van der Waals surface area contributed by atoms with Gasteiger partial charge in [0, 0.05) is 44.5 Å². The number of hydrogen-bond acceptors (Lipinski definition) is 3. The summed E-state index contributed by atoms with van der Waals surface area (Å²) in [5, 5.41) is 0. The van der Waals surface area contributed by atoms with Gasteiger partial charge in [-0.1, -0.05) is 19.1 Å². The number of aryl methyl sites for hydroxylation is 1. The molecule has 2 aliphatic rings. The molecule has 0 radical (unpaired) electrons. The Morgan fingerprint density at radius 3 is 2.33 bits per heavy atom. The number of hydrogen-bond donors (Lipinski definition) is 0. The Hall–Kier alpha value is -1.06. The smallest absolute Gasteiger partial charge is 0.0369 e. The van der Waals surface area contributed by atoms with Gasteiger partial charge in [-0.2, -0.15) is 0 Å². The van der Waals surface area contributed by atoms with E-state index in [1.54, 1.807) is 0 Å². The Balaban J connectivity index is 1.44. The van der Waals surface area contributed by atoms with Crippen LogP contribution in [0.5, 0.6) is 0 Å². The topological polar surface area (TPSA) is 9.72 Å². The Bertz CT molecular complexity index is 498. The quantitative estimate of drug-likeness (QED) is 0.819. The van der Waals surface area contributed by atoms with E-state index < -0.39 is 0 Å². The third-order valence-corrected chi connectivity index (χ3v) is 5.95. The van der Waals surface area contributed by atoms with Crippen LogP contribution >= 0.6 is 0 Å². The van der Waals surface area contributed by atoms with Crippen LogP contribution in [0.4, 0.5) is 5.69 Å². The molecule has 0 atom stereocenters. The van der Waals surface area contributed by atoms with E-state index in [-0.39, 0.29) is 0 Å². The molecule has 0 saturated carbocycles. The summed E-state index contributed by atoms with van der Waals surface area (Å²) in [6, 6.07) is 9.81. The van der Waals surface area contributed by atoms with Crippen molar-refractivity contribution < 1.29 is 0 Å². The maximum absolute atomic E-state index is 2.70. The fourth-order valence-corrected chi connectivity index (χ4v) is 4.18. The standard InChI is InChI=1S/C21H35N3/c1-4-19-6-5-7-21(16-19)24-14-12-22(13-15-24)17-20-8-10-23(11-9-20)18(2)3/h5-7,16,18,20H,4,8-15,17H2,1-3H3. The lowest BCUT2D eigenvalue weighted by molar-refractivity contribution is 0.119. The van der Waals surface area contributed by atoms with Gasteiger partial charge in [0.05, 0.1) is 0 Å². The molecule has 2 heterocycles. The van der Waals surface area contributed by atoms with Crippen molar-refractivity contribution in [3.63, 3.8) is 0 Å². The predicted octanol–water partition coefficient (Wildman–Crippen LogP) is 3.49. The first kappa shape index (κ1) is 17.8. The molecule has 0 unspecified atom stereocenters. The Morgan fingerprint density at radius 1 is 1.00 bits per heavy atom. The lowest BCUT2D eigenvalue weighted by Gasteiger charge is -2.40. The van der Waals surface area contributed by atoms with Crippen LogP contribution < -0.4 is 4.90 Å². The van der Waals surface area contributed by atoms with E-state index in [0.29, 0.717) is 6.04 Å². The molecular formula is C21H35N3. The number of nitrogens with zero attached hydrogens (tertiary/aromatic N) is 3. The van der Waals surface area contributed by atoms with Crippen molar-refractivity contribution in [3.8, 4) is 0 Å². The molecular weight excluding hydrogens is 294 g/mol. The SMILES string of the molecule is CCc1cccc(N2CCN(CC3CCN(C(C)C)CC3)CC2)c1. The molecule has 0 aliphatic carbocycles. The highest BCUT2D eigenvalue weighted by atomic mass is 15.3. The third kappa shape index (κ3) is 4.52. The summed E-state index contributed by atoms with van der Waals surface area (Å²) in [6.07, 6.45) is 3.90. The van der Waals surface area contributed by atoms with E-state index in [4.69, 9.17) is 0 Å². The van der Waals surface area contributed by atoms with Crippen molar-refractivity contribution in [3.05, 3.63) is 29.8 Å². The Kier molecular flexibility index (Phi) is 6.18. The number of likely N-dealkylation sites (tertiary alicyclic amines) is 1. The average molecular weight is 330 g/mol. The van der Waals surface area contributed by atoms with Gasteiger partial charge in [0.2, 0.25) is 0 Å². The van der Waals surface area contributed by atoms with Crippen LogP contribution in [0.25, 0.3) is 0 Å². The summed E-state index contributed by atoms with van der Waals surface area (Å²) in [6.45, 7) is 15.6. The normalized spacial score (nSPS) is 21.6. The average Bonchev–Trinajstić information content (AvgIpc) is 2.63. The predicted molar refractivity (Wildman–Crippen MR) is 104 cm³/mol. The molecule has 2 saturated heterocycles. The second kappa shape index (κ2) is 8.35. The van der Waals surface area contributed by atoms with Crippen LogP contribution in [0, 0.1) is 5.92 Å².